The lowest BCUT2D eigenvalue weighted by atomic mass is 10.1. The van der Waals surface area contributed by atoms with E-state index >= 15 is 0 Å². The molecule has 0 heterocycles. The maximum Gasteiger partial charge on any atom is 0.306 e. The molecule has 0 aliphatic rings. The van der Waals surface area contributed by atoms with E-state index in [1.54, 1.807) is 0 Å². The van der Waals surface area contributed by atoms with Gasteiger partial charge in [0, 0.05) is 19.4 Å². The zero-order valence-corrected chi connectivity index (χ0v) is 41.8. The monoisotopic (exact) mass is 887 g/mol. The second-order valence-corrected chi connectivity index (χ2v) is 17.0. The van der Waals surface area contributed by atoms with Gasteiger partial charge in [0.25, 0.3) is 0 Å². The van der Waals surface area contributed by atoms with Gasteiger partial charge in [-0.05, 0) is 103 Å². The molecule has 1 atom stereocenters. The van der Waals surface area contributed by atoms with Crippen molar-refractivity contribution in [2.75, 3.05) is 19.8 Å². The lowest BCUT2D eigenvalue weighted by Gasteiger charge is -2.18. The smallest absolute Gasteiger partial charge is 0.306 e. The molecule has 0 bridgehead atoms. The molecule has 0 aliphatic carbocycles. The topological polar surface area (TPSA) is 61.8 Å². The van der Waals surface area contributed by atoms with E-state index in [0.717, 1.165) is 122 Å². The van der Waals surface area contributed by atoms with Gasteiger partial charge in [-0.15, -0.1) is 0 Å². The van der Waals surface area contributed by atoms with Gasteiger partial charge in [0.1, 0.15) is 6.61 Å². The van der Waals surface area contributed by atoms with E-state index in [0.29, 0.717) is 19.4 Å². The Morgan fingerprint density at radius 2 is 0.703 bits per heavy atom. The van der Waals surface area contributed by atoms with Crippen molar-refractivity contribution in [3.8, 4) is 0 Å². The summed E-state index contributed by atoms with van der Waals surface area (Å²) in [5, 5.41) is 0. The number of rotatable bonds is 47. The lowest BCUT2D eigenvalue weighted by Crippen LogP contribution is -2.30. The van der Waals surface area contributed by atoms with Gasteiger partial charge in [-0.1, -0.05) is 220 Å². The highest BCUT2D eigenvalue weighted by Gasteiger charge is 2.17. The standard InChI is InChI=1S/C59H98O5/c1-4-7-10-13-16-19-21-23-25-27-29-31-33-35-37-39-42-45-48-51-54-62-55-57(64-59(61)53-50-47-44-40-18-15-12-9-6-3)56-63-58(60)52-49-46-43-41-38-36-34-32-30-28-26-24-22-20-17-14-11-8-5-2/h7-8,10-11,16-17,19-20,23-26,29-32,36,38,57H,4-6,9,12-15,18,21-22,27-28,33-35,37,39-56H2,1-3H3/b10-7-,11-8-,19-16-,20-17-,25-23-,26-24-,31-29-,32-30-,38-36-. The fourth-order valence-corrected chi connectivity index (χ4v) is 6.94. The molecule has 0 N–H and O–H groups in total. The molecule has 0 aliphatic heterocycles. The van der Waals surface area contributed by atoms with E-state index in [-0.39, 0.29) is 25.2 Å². The zero-order chi connectivity index (χ0) is 46.3. The molecule has 5 heteroatoms. The number of hydrogen-bond acceptors (Lipinski definition) is 5. The Balaban J connectivity index is 4.28. The van der Waals surface area contributed by atoms with Crippen molar-refractivity contribution in [1.82, 2.24) is 0 Å². The van der Waals surface area contributed by atoms with Crippen LogP contribution in [0.25, 0.3) is 0 Å². The van der Waals surface area contributed by atoms with Crippen LogP contribution in [0.2, 0.25) is 0 Å². The first kappa shape index (κ1) is 60.6. The molecule has 0 aromatic carbocycles. The number of carbonyl (C=O) groups is 2. The molecule has 0 fully saturated rings. The third kappa shape index (κ3) is 51.2. The third-order valence-corrected chi connectivity index (χ3v) is 10.8. The summed E-state index contributed by atoms with van der Waals surface area (Å²) in [5.41, 5.74) is 0. The summed E-state index contributed by atoms with van der Waals surface area (Å²) in [6.45, 7) is 7.52. The quantitative estimate of drug-likeness (QED) is 0.0346. The molecule has 0 radical (unpaired) electrons. The van der Waals surface area contributed by atoms with E-state index in [9.17, 15) is 9.59 Å². The van der Waals surface area contributed by atoms with Gasteiger partial charge in [0.15, 0.2) is 6.10 Å². The lowest BCUT2D eigenvalue weighted by molar-refractivity contribution is -0.163. The number of allylic oxidation sites excluding steroid dienone is 18. The predicted molar refractivity (Wildman–Crippen MR) is 279 cm³/mol. The molecule has 0 amide bonds. The van der Waals surface area contributed by atoms with Crippen molar-refractivity contribution >= 4 is 11.9 Å². The molecule has 64 heavy (non-hydrogen) atoms. The third-order valence-electron chi connectivity index (χ3n) is 10.8. The highest BCUT2D eigenvalue weighted by Crippen LogP contribution is 2.13. The van der Waals surface area contributed by atoms with Crippen LogP contribution >= 0.6 is 0 Å². The largest absolute Gasteiger partial charge is 0.462 e. The van der Waals surface area contributed by atoms with Gasteiger partial charge in [-0.2, -0.15) is 0 Å². The molecule has 1 unspecified atom stereocenters. The first-order valence-corrected chi connectivity index (χ1v) is 26.4. The van der Waals surface area contributed by atoms with E-state index in [1.165, 1.54) is 70.6 Å². The Kier molecular flexibility index (Phi) is 51.0. The fourth-order valence-electron chi connectivity index (χ4n) is 6.94. The minimum Gasteiger partial charge on any atom is -0.462 e. The van der Waals surface area contributed by atoms with Gasteiger partial charge in [0.2, 0.25) is 0 Å². The molecule has 0 aromatic rings. The van der Waals surface area contributed by atoms with Crippen molar-refractivity contribution in [2.45, 2.75) is 232 Å². The zero-order valence-electron chi connectivity index (χ0n) is 41.8. The minimum absolute atomic E-state index is 0.0588. The fraction of sp³-hybridized carbons (Fsp3) is 0.661. The summed E-state index contributed by atoms with van der Waals surface area (Å²) in [6, 6.07) is 0. The Morgan fingerprint density at radius 3 is 1.14 bits per heavy atom. The van der Waals surface area contributed by atoms with Crippen LogP contribution in [0, 0.1) is 0 Å². The summed E-state index contributed by atoms with van der Waals surface area (Å²) < 4.78 is 17.4. The van der Waals surface area contributed by atoms with Crippen molar-refractivity contribution < 1.29 is 23.8 Å². The molecular formula is C59H98O5. The summed E-state index contributed by atoms with van der Waals surface area (Å²) in [5.74, 6) is -0.446. The van der Waals surface area contributed by atoms with Crippen molar-refractivity contribution in [3.63, 3.8) is 0 Å². The average molecular weight is 887 g/mol. The molecule has 364 valence electrons. The summed E-state index contributed by atoms with van der Waals surface area (Å²) in [6.07, 6.45) is 73.9. The predicted octanol–water partition coefficient (Wildman–Crippen LogP) is 18.0. The number of carbonyl (C=O) groups excluding carboxylic acids is 2. The first-order valence-electron chi connectivity index (χ1n) is 26.4. The maximum absolute atomic E-state index is 12.7. The average Bonchev–Trinajstić information content (AvgIpc) is 3.30. The summed E-state index contributed by atoms with van der Waals surface area (Å²) in [7, 11) is 0. The summed E-state index contributed by atoms with van der Waals surface area (Å²) in [4.78, 5) is 25.3. The van der Waals surface area contributed by atoms with Crippen LogP contribution in [0.3, 0.4) is 0 Å². The molecule has 5 nitrogen and oxygen atoms in total. The Bertz CT molecular complexity index is 1280. The summed E-state index contributed by atoms with van der Waals surface area (Å²) >= 11 is 0. The van der Waals surface area contributed by atoms with Gasteiger partial charge in [-0.3, -0.25) is 9.59 Å². The van der Waals surface area contributed by atoms with Crippen LogP contribution in [0.1, 0.15) is 226 Å². The SMILES string of the molecule is CC/C=C\C/C=C\C/C=C\C/C=C\C/C=C\CCCCCC(=O)OCC(COCCCCCCCCC/C=C\C/C=C\C/C=C\C/C=C\CC)OC(=O)CCCCCCCCCCC. The molecule has 0 saturated heterocycles. The van der Waals surface area contributed by atoms with Gasteiger partial charge in [0.05, 0.1) is 6.61 Å². The highest BCUT2D eigenvalue weighted by atomic mass is 16.6. The van der Waals surface area contributed by atoms with E-state index in [2.05, 4.69) is 130 Å². The van der Waals surface area contributed by atoms with Crippen molar-refractivity contribution in [2.24, 2.45) is 0 Å². The van der Waals surface area contributed by atoms with Gasteiger partial charge < -0.3 is 14.2 Å². The Labute approximate surface area is 395 Å². The van der Waals surface area contributed by atoms with E-state index in [1.807, 2.05) is 0 Å². The molecule has 0 rings (SSSR count). The second kappa shape index (κ2) is 53.9. The van der Waals surface area contributed by atoms with Crippen LogP contribution in [-0.2, 0) is 23.8 Å². The molecule has 0 saturated carbocycles. The van der Waals surface area contributed by atoms with Gasteiger partial charge in [-0.25, -0.2) is 0 Å². The normalized spacial score (nSPS) is 13.1. The van der Waals surface area contributed by atoms with Crippen molar-refractivity contribution in [1.29, 1.82) is 0 Å². The first-order chi connectivity index (χ1) is 31.6. The van der Waals surface area contributed by atoms with Crippen LogP contribution in [0.15, 0.2) is 109 Å². The van der Waals surface area contributed by atoms with E-state index in [4.69, 9.17) is 14.2 Å². The number of ether oxygens (including phenoxy) is 3. The second-order valence-electron chi connectivity index (χ2n) is 17.0. The van der Waals surface area contributed by atoms with Gasteiger partial charge >= 0.3 is 11.9 Å². The van der Waals surface area contributed by atoms with Crippen LogP contribution in [-0.4, -0.2) is 37.9 Å². The van der Waals surface area contributed by atoms with Crippen LogP contribution in [0.4, 0.5) is 0 Å². The number of hydrogen-bond donors (Lipinski definition) is 0. The Hall–Kier alpha value is -3.44. The Morgan fingerprint density at radius 1 is 0.359 bits per heavy atom. The number of esters is 2. The van der Waals surface area contributed by atoms with Crippen molar-refractivity contribution in [3.05, 3.63) is 109 Å². The van der Waals surface area contributed by atoms with E-state index < -0.39 is 6.10 Å². The maximum atomic E-state index is 12.7. The molecule has 0 spiro atoms. The highest BCUT2D eigenvalue weighted by molar-refractivity contribution is 5.70. The number of unbranched alkanes of at least 4 members (excludes halogenated alkanes) is 18. The molecular weight excluding hydrogens is 789 g/mol. The molecule has 0 aromatic heterocycles. The minimum atomic E-state index is -0.560. The van der Waals surface area contributed by atoms with Crippen LogP contribution in [0.5, 0.6) is 0 Å². The van der Waals surface area contributed by atoms with Crippen LogP contribution < -0.4 is 0 Å².